The molecule has 2 heterocycles. The van der Waals surface area contributed by atoms with E-state index in [1.807, 2.05) is 0 Å². The second-order valence-electron chi connectivity index (χ2n) is 6.30. The molecule has 0 aliphatic carbocycles. The Morgan fingerprint density at radius 3 is 2.70 bits per heavy atom. The Morgan fingerprint density at radius 2 is 1.93 bits per heavy atom. The van der Waals surface area contributed by atoms with Gasteiger partial charge in [-0.2, -0.15) is 10.4 Å². The summed E-state index contributed by atoms with van der Waals surface area (Å²) in [5.74, 6) is 0.126. The lowest BCUT2D eigenvalue weighted by atomic mass is 9.96. The van der Waals surface area contributed by atoms with Gasteiger partial charge in [-0.1, -0.05) is 24.3 Å². The molecule has 0 unspecified atom stereocenters. The Morgan fingerprint density at radius 1 is 1.07 bits per heavy atom. The minimum absolute atomic E-state index is 0.0317. The maximum absolute atomic E-state index is 14.5. The molecule has 1 fully saturated rings. The zero-order chi connectivity index (χ0) is 18.8. The first-order valence-electron chi connectivity index (χ1n) is 8.60. The summed E-state index contributed by atoms with van der Waals surface area (Å²) >= 11 is 0. The Balaban J connectivity index is 1.78. The van der Waals surface area contributed by atoms with Crippen LogP contribution >= 0.6 is 0 Å². The highest BCUT2D eigenvalue weighted by Gasteiger charge is 2.23. The third kappa shape index (κ3) is 3.15. The Bertz CT molecular complexity index is 1070. The van der Waals surface area contributed by atoms with Crippen LogP contribution in [0.3, 0.4) is 0 Å². The SMILES string of the molecule is N#Cc1ccccc1-c1cc(-c2cnnc(N3CCCC3=O)c2)ccc1F. The van der Waals surface area contributed by atoms with E-state index in [2.05, 4.69) is 16.3 Å². The molecule has 1 amide bonds. The second kappa shape index (κ2) is 6.96. The molecule has 6 heteroatoms. The number of carbonyl (C=O) groups is 1. The number of aromatic nitrogens is 2. The van der Waals surface area contributed by atoms with Crippen molar-refractivity contribution in [1.82, 2.24) is 10.2 Å². The highest BCUT2D eigenvalue weighted by Crippen LogP contribution is 2.31. The van der Waals surface area contributed by atoms with Crippen molar-refractivity contribution in [3.05, 3.63) is 66.1 Å². The second-order valence-corrected chi connectivity index (χ2v) is 6.30. The lowest BCUT2D eigenvalue weighted by Crippen LogP contribution is -2.24. The van der Waals surface area contributed by atoms with Crippen molar-refractivity contribution in [2.24, 2.45) is 0 Å². The van der Waals surface area contributed by atoms with Gasteiger partial charge in [0.2, 0.25) is 5.91 Å². The lowest BCUT2D eigenvalue weighted by molar-refractivity contribution is -0.117. The molecule has 3 aromatic rings. The number of nitrogens with zero attached hydrogens (tertiary/aromatic N) is 4. The molecule has 0 N–H and O–H groups in total. The summed E-state index contributed by atoms with van der Waals surface area (Å²) in [6.07, 6.45) is 2.89. The molecule has 1 saturated heterocycles. The van der Waals surface area contributed by atoms with Gasteiger partial charge >= 0.3 is 0 Å². The molecule has 1 aromatic heterocycles. The first-order valence-corrected chi connectivity index (χ1v) is 8.60. The van der Waals surface area contributed by atoms with Crippen molar-refractivity contribution in [1.29, 1.82) is 5.26 Å². The van der Waals surface area contributed by atoms with Crippen molar-refractivity contribution >= 4 is 11.7 Å². The lowest BCUT2D eigenvalue weighted by Gasteiger charge is -2.15. The van der Waals surface area contributed by atoms with Crippen LogP contribution in [-0.2, 0) is 4.79 Å². The van der Waals surface area contributed by atoms with E-state index in [9.17, 15) is 14.4 Å². The van der Waals surface area contributed by atoms with E-state index in [1.54, 1.807) is 53.6 Å². The molecule has 4 rings (SSSR count). The van der Waals surface area contributed by atoms with E-state index in [-0.39, 0.29) is 5.91 Å². The minimum atomic E-state index is -0.404. The number of rotatable bonds is 3. The summed E-state index contributed by atoms with van der Waals surface area (Å²) < 4.78 is 14.5. The van der Waals surface area contributed by atoms with Crippen LogP contribution < -0.4 is 4.90 Å². The van der Waals surface area contributed by atoms with Crippen LogP contribution in [0.15, 0.2) is 54.7 Å². The van der Waals surface area contributed by atoms with Crippen molar-refractivity contribution in [2.75, 3.05) is 11.4 Å². The number of carbonyl (C=O) groups excluding carboxylic acids is 1. The van der Waals surface area contributed by atoms with Gasteiger partial charge in [-0.05, 0) is 36.2 Å². The van der Waals surface area contributed by atoms with E-state index >= 15 is 0 Å². The molecular weight excluding hydrogens is 343 g/mol. The van der Waals surface area contributed by atoms with E-state index < -0.39 is 5.82 Å². The Hall–Kier alpha value is -3.59. The third-order valence-corrected chi connectivity index (χ3v) is 4.63. The van der Waals surface area contributed by atoms with Gasteiger partial charge in [0.05, 0.1) is 17.8 Å². The van der Waals surface area contributed by atoms with Gasteiger partial charge in [0.15, 0.2) is 5.82 Å². The number of amides is 1. The zero-order valence-corrected chi connectivity index (χ0v) is 14.4. The summed E-state index contributed by atoms with van der Waals surface area (Å²) in [5, 5.41) is 17.4. The van der Waals surface area contributed by atoms with Gasteiger partial charge in [-0.3, -0.25) is 9.69 Å². The minimum Gasteiger partial charge on any atom is -0.295 e. The van der Waals surface area contributed by atoms with Crippen LogP contribution in [0.25, 0.3) is 22.3 Å². The smallest absolute Gasteiger partial charge is 0.228 e. The fourth-order valence-electron chi connectivity index (χ4n) is 3.26. The normalized spacial score (nSPS) is 13.6. The molecule has 0 bridgehead atoms. The largest absolute Gasteiger partial charge is 0.295 e. The number of hydrogen-bond acceptors (Lipinski definition) is 4. The summed E-state index contributed by atoms with van der Waals surface area (Å²) in [4.78, 5) is 13.6. The van der Waals surface area contributed by atoms with E-state index in [0.29, 0.717) is 35.5 Å². The highest BCUT2D eigenvalue weighted by molar-refractivity contribution is 5.94. The fraction of sp³-hybridized carbons (Fsp3) is 0.143. The topological polar surface area (TPSA) is 69.9 Å². The third-order valence-electron chi connectivity index (χ3n) is 4.63. The van der Waals surface area contributed by atoms with Crippen molar-refractivity contribution in [2.45, 2.75) is 12.8 Å². The van der Waals surface area contributed by atoms with Gasteiger partial charge in [0.1, 0.15) is 5.82 Å². The summed E-state index contributed by atoms with van der Waals surface area (Å²) in [6.45, 7) is 0.626. The van der Waals surface area contributed by atoms with Crippen molar-refractivity contribution in [3.63, 3.8) is 0 Å². The number of anilines is 1. The Kier molecular flexibility index (Phi) is 4.35. The van der Waals surface area contributed by atoms with Gasteiger partial charge in [0, 0.05) is 29.7 Å². The molecular formula is C21H15FN4O. The Labute approximate surface area is 155 Å². The highest BCUT2D eigenvalue weighted by atomic mass is 19.1. The molecule has 0 spiro atoms. The van der Waals surface area contributed by atoms with Crippen LogP contribution in [0.4, 0.5) is 10.2 Å². The quantitative estimate of drug-likeness (QED) is 0.711. The molecule has 1 aliphatic rings. The molecule has 1 aliphatic heterocycles. The van der Waals surface area contributed by atoms with Crippen LogP contribution in [0.5, 0.6) is 0 Å². The molecule has 0 atom stereocenters. The molecule has 27 heavy (non-hydrogen) atoms. The van der Waals surface area contributed by atoms with Crippen LogP contribution in [-0.4, -0.2) is 22.6 Å². The van der Waals surface area contributed by atoms with Crippen LogP contribution in [0.1, 0.15) is 18.4 Å². The zero-order valence-electron chi connectivity index (χ0n) is 14.4. The summed E-state index contributed by atoms with van der Waals surface area (Å²) in [7, 11) is 0. The predicted molar refractivity (Wildman–Crippen MR) is 99.2 cm³/mol. The molecule has 0 saturated carbocycles. The standard InChI is InChI=1S/C21H15FN4O/c22-19-8-7-14(10-18(19)17-5-2-1-4-15(17)12-23)16-11-20(25-24-13-16)26-9-3-6-21(26)27/h1-2,4-5,7-8,10-11,13H,3,6,9H2. The summed E-state index contributed by atoms with van der Waals surface area (Å²) in [6, 6.07) is 15.5. The number of benzene rings is 2. The van der Waals surface area contributed by atoms with E-state index in [0.717, 1.165) is 17.5 Å². The van der Waals surface area contributed by atoms with Gasteiger partial charge in [0.25, 0.3) is 0 Å². The average molecular weight is 358 g/mol. The van der Waals surface area contributed by atoms with Gasteiger partial charge in [-0.25, -0.2) is 4.39 Å². The summed E-state index contributed by atoms with van der Waals surface area (Å²) in [5.41, 5.74) is 2.76. The maximum atomic E-state index is 14.5. The number of hydrogen-bond donors (Lipinski definition) is 0. The van der Waals surface area contributed by atoms with Gasteiger partial charge in [-0.15, -0.1) is 5.10 Å². The molecule has 132 valence electrons. The van der Waals surface area contributed by atoms with Crippen LogP contribution in [0, 0.1) is 17.1 Å². The van der Waals surface area contributed by atoms with E-state index in [1.165, 1.54) is 6.07 Å². The molecule has 2 aromatic carbocycles. The van der Waals surface area contributed by atoms with Crippen molar-refractivity contribution in [3.8, 4) is 28.3 Å². The van der Waals surface area contributed by atoms with Crippen LogP contribution in [0.2, 0.25) is 0 Å². The van der Waals surface area contributed by atoms with Gasteiger partial charge < -0.3 is 0 Å². The van der Waals surface area contributed by atoms with E-state index in [4.69, 9.17) is 0 Å². The maximum Gasteiger partial charge on any atom is 0.228 e. The molecule has 0 radical (unpaired) electrons. The molecule has 5 nitrogen and oxygen atoms in total. The number of nitriles is 1. The average Bonchev–Trinajstić information content (AvgIpc) is 3.14. The fourth-order valence-corrected chi connectivity index (χ4v) is 3.26. The number of halogens is 1. The predicted octanol–water partition coefficient (Wildman–Crippen LogP) is 3.95. The monoisotopic (exact) mass is 358 g/mol. The van der Waals surface area contributed by atoms with Crippen molar-refractivity contribution < 1.29 is 9.18 Å². The first kappa shape index (κ1) is 16.9. The first-order chi connectivity index (χ1) is 13.2.